The minimum atomic E-state index is -0.0423. The van der Waals surface area contributed by atoms with Gasteiger partial charge in [0.05, 0.1) is 18.7 Å². The molecule has 0 radical (unpaired) electrons. The summed E-state index contributed by atoms with van der Waals surface area (Å²) in [7, 11) is 3.49. The zero-order valence-electron chi connectivity index (χ0n) is 17.8. The standard InChI is InChI=1S/C24H29N3O3/c1-4-22(29)27-12-11-18-21(14-28)25-20-10-9-17(13-19(20)23(18)27)15-5-7-16(8-6-15)24(30)26(2)3/h5-10,13,18,21,23,25,28H,4,11-12,14H2,1-3H3/t18-,21+,23-/m0/s1. The predicted octanol–water partition coefficient (Wildman–Crippen LogP) is 3.14. The molecule has 2 amide bonds. The third-order valence-electron chi connectivity index (χ3n) is 6.36. The number of hydrogen-bond acceptors (Lipinski definition) is 4. The van der Waals surface area contributed by atoms with Gasteiger partial charge in [-0.15, -0.1) is 0 Å². The van der Waals surface area contributed by atoms with E-state index in [1.807, 2.05) is 48.2 Å². The molecule has 0 unspecified atom stereocenters. The normalized spacial score (nSPS) is 22.1. The number of nitrogens with one attached hydrogen (secondary N) is 1. The molecule has 1 saturated heterocycles. The Hall–Kier alpha value is -2.86. The van der Waals surface area contributed by atoms with Crippen LogP contribution in [-0.4, -0.2) is 60.0 Å². The molecule has 2 aromatic carbocycles. The molecule has 158 valence electrons. The van der Waals surface area contributed by atoms with Crippen molar-refractivity contribution < 1.29 is 14.7 Å². The van der Waals surface area contributed by atoms with E-state index in [2.05, 4.69) is 11.4 Å². The second-order valence-corrected chi connectivity index (χ2v) is 8.35. The molecule has 0 aromatic heterocycles. The Morgan fingerprint density at radius 3 is 2.47 bits per heavy atom. The van der Waals surface area contributed by atoms with Gasteiger partial charge in [0.2, 0.25) is 5.91 Å². The summed E-state index contributed by atoms with van der Waals surface area (Å²) in [6.07, 6.45) is 1.37. The van der Waals surface area contributed by atoms with Crippen LogP contribution in [0.3, 0.4) is 0 Å². The van der Waals surface area contributed by atoms with Crippen LogP contribution in [0.2, 0.25) is 0 Å². The van der Waals surface area contributed by atoms with Crippen LogP contribution in [0.4, 0.5) is 5.69 Å². The first-order valence-electron chi connectivity index (χ1n) is 10.6. The minimum Gasteiger partial charge on any atom is -0.394 e. The Morgan fingerprint density at radius 2 is 1.83 bits per heavy atom. The summed E-state index contributed by atoms with van der Waals surface area (Å²) in [5.74, 6) is 0.339. The highest BCUT2D eigenvalue weighted by molar-refractivity contribution is 5.94. The van der Waals surface area contributed by atoms with Gasteiger partial charge in [0.25, 0.3) is 5.91 Å². The van der Waals surface area contributed by atoms with Crippen molar-refractivity contribution in [3.8, 4) is 11.1 Å². The Balaban J connectivity index is 1.71. The van der Waals surface area contributed by atoms with Crippen molar-refractivity contribution >= 4 is 17.5 Å². The molecule has 2 N–H and O–H groups in total. The molecule has 0 aliphatic carbocycles. The molecule has 4 rings (SSSR count). The number of rotatable bonds is 4. The van der Waals surface area contributed by atoms with Crippen LogP contribution >= 0.6 is 0 Å². The van der Waals surface area contributed by atoms with Gasteiger partial charge in [0.15, 0.2) is 0 Å². The van der Waals surface area contributed by atoms with E-state index >= 15 is 0 Å². The lowest BCUT2D eigenvalue weighted by Crippen LogP contribution is -2.42. The zero-order valence-corrected chi connectivity index (χ0v) is 17.8. The summed E-state index contributed by atoms with van der Waals surface area (Å²) in [5.41, 5.74) is 4.82. The largest absolute Gasteiger partial charge is 0.394 e. The van der Waals surface area contributed by atoms with Crippen LogP contribution in [0.1, 0.15) is 41.7 Å². The Bertz CT molecular complexity index is 955. The number of fused-ring (bicyclic) bond motifs is 3. The summed E-state index contributed by atoms with van der Waals surface area (Å²) in [4.78, 5) is 28.3. The van der Waals surface area contributed by atoms with E-state index in [9.17, 15) is 14.7 Å². The average Bonchev–Trinajstić information content (AvgIpc) is 3.22. The van der Waals surface area contributed by atoms with E-state index < -0.39 is 0 Å². The van der Waals surface area contributed by atoms with Gasteiger partial charge in [-0.3, -0.25) is 9.59 Å². The molecule has 30 heavy (non-hydrogen) atoms. The van der Waals surface area contributed by atoms with Crippen LogP contribution < -0.4 is 5.32 Å². The molecular formula is C24H29N3O3. The van der Waals surface area contributed by atoms with Gasteiger partial charge in [-0.05, 0) is 47.4 Å². The number of amides is 2. The Morgan fingerprint density at radius 1 is 1.13 bits per heavy atom. The molecule has 0 bridgehead atoms. The number of aliphatic hydroxyl groups excluding tert-OH is 1. The number of anilines is 1. The summed E-state index contributed by atoms with van der Waals surface area (Å²) in [6, 6.07) is 13.8. The van der Waals surface area contributed by atoms with Crippen LogP contribution in [0.25, 0.3) is 11.1 Å². The van der Waals surface area contributed by atoms with E-state index in [-0.39, 0.29) is 36.4 Å². The van der Waals surface area contributed by atoms with E-state index in [1.54, 1.807) is 19.0 Å². The predicted molar refractivity (Wildman–Crippen MR) is 117 cm³/mol. The molecule has 1 fully saturated rings. The highest BCUT2D eigenvalue weighted by Crippen LogP contribution is 2.47. The monoisotopic (exact) mass is 407 g/mol. The van der Waals surface area contributed by atoms with Gasteiger partial charge in [-0.1, -0.05) is 25.1 Å². The fourth-order valence-electron chi connectivity index (χ4n) is 4.79. The lowest BCUT2D eigenvalue weighted by Gasteiger charge is -2.39. The second kappa shape index (κ2) is 8.11. The molecule has 2 aliphatic rings. The Kier molecular flexibility index (Phi) is 5.52. The molecular weight excluding hydrogens is 378 g/mol. The molecule has 0 saturated carbocycles. The number of benzene rings is 2. The summed E-state index contributed by atoms with van der Waals surface area (Å²) < 4.78 is 0. The highest BCUT2D eigenvalue weighted by atomic mass is 16.3. The first-order valence-corrected chi connectivity index (χ1v) is 10.6. The second-order valence-electron chi connectivity index (χ2n) is 8.35. The van der Waals surface area contributed by atoms with Crippen molar-refractivity contribution in [2.45, 2.75) is 31.8 Å². The lowest BCUT2D eigenvalue weighted by atomic mass is 9.82. The smallest absolute Gasteiger partial charge is 0.253 e. The topological polar surface area (TPSA) is 72.9 Å². The van der Waals surface area contributed by atoms with Gasteiger partial charge in [0.1, 0.15) is 0 Å². The molecule has 2 heterocycles. The van der Waals surface area contributed by atoms with Crippen LogP contribution in [0, 0.1) is 5.92 Å². The third kappa shape index (κ3) is 3.45. The SMILES string of the molecule is CCC(=O)N1CC[C@@H]2[C@H]1c1cc(-c3ccc(C(=O)N(C)C)cc3)ccc1N[C@@H]2CO. The van der Waals surface area contributed by atoms with Crippen molar-refractivity contribution in [2.24, 2.45) is 5.92 Å². The number of carbonyl (C=O) groups excluding carboxylic acids is 2. The number of aliphatic hydroxyl groups is 1. The van der Waals surface area contributed by atoms with Gasteiger partial charge < -0.3 is 20.2 Å². The number of carbonyl (C=O) groups is 2. The first-order chi connectivity index (χ1) is 14.4. The van der Waals surface area contributed by atoms with Crippen molar-refractivity contribution in [3.05, 3.63) is 53.6 Å². The van der Waals surface area contributed by atoms with Crippen molar-refractivity contribution in [1.29, 1.82) is 0 Å². The maximum absolute atomic E-state index is 12.6. The highest BCUT2D eigenvalue weighted by Gasteiger charge is 2.45. The van der Waals surface area contributed by atoms with Crippen LogP contribution in [-0.2, 0) is 4.79 Å². The Labute approximate surface area is 177 Å². The number of hydrogen-bond donors (Lipinski definition) is 2. The zero-order chi connectivity index (χ0) is 21.4. The van der Waals surface area contributed by atoms with E-state index in [4.69, 9.17) is 0 Å². The van der Waals surface area contributed by atoms with E-state index in [0.717, 1.165) is 35.3 Å². The van der Waals surface area contributed by atoms with Crippen LogP contribution in [0.5, 0.6) is 0 Å². The molecule has 2 aliphatic heterocycles. The van der Waals surface area contributed by atoms with Gasteiger partial charge >= 0.3 is 0 Å². The number of nitrogens with zero attached hydrogens (tertiary/aromatic N) is 2. The molecule has 0 spiro atoms. The average molecular weight is 408 g/mol. The van der Waals surface area contributed by atoms with Gasteiger partial charge in [-0.25, -0.2) is 0 Å². The summed E-state index contributed by atoms with van der Waals surface area (Å²) in [6.45, 7) is 2.68. The molecule has 6 nitrogen and oxygen atoms in total. The lowest BCUT2D eigenvalue weighted by molar-refractivity contribution is -0.132. The molecule has 3 atom stereocenters. The van der Waals surface area contributed by atoms with Gasteiger partial charge in [0, 0.05) is 44.2 Å². The summed E-state index contributed by atoms with van der Waals surface area (Å²) >= 11 is 0. The van der Waals surface area contributed by atoms with Crippen LogP contribution in [0.15, 0.2) is 42.5 Å². The third-order valence-corrected chi connectivity index (χ3v) is 6.36. The van der Waals surface area contributed by atoms with E-state index in [1.165, 1.54) is 0 Å². The quantitative estimate of drug-likeness (QED) is 0.817. The first kappa shape index (κ1) is 20.4. The summed E-state index contributed by atoms with van der Waals surface area (Å²) in [5, 5.41) is 13.4. The maximum atomic E-state index is 12.6. The van der Waals surface area contributed by atoms with Crippen molar-refractivity contribution in [3.63, 3.8) is 0 Å². The fraction of sp³-hybridized carbons (Fsp3) is 0.417. The fourth-order valence-corrected chi connectivity index (χ4v) is 4.79. The number of likely N-dealkylation sites (tertiary alicyclic amines) is 1. The molecule has 6 heteroatoms. The maximum Gasteiger partial charge on any atom is 0.253 e. The van der Waals surface area contributed by atoms with Crippen molar-refractivity contribution in [1.82, 2.24) is 9.80 Å². The van der Waals surface area contributed by atoms with Crippen molar-refractivity contribution in [2.75, 3.05) is 32.6 Å². The minimum absolute atomic E-state index is 0.0135. The molecule has 2 aromatic rings. The van der Waals surface area contributed by atoms with Gasteiger partial charge in [-0.2, -0.15) is 0 Å². The van der Waals surface area contributed by atoms with E-state index in [0.29, 0.717) is 12.0 Å².